The molecule has 0 heterocycles. The summed E-state index contributed by atoms with van der Waals surface area (Å²) in [6.07, 6.45) is 5.23. The zero-order chi connectivity index (χ0) is 16.4. The second kappa shape index (κ2) is 9.46. The molecule has 0 aliphatic heterocycles. The highest BCUT2D eigenvalue weighted by atomic mass is 16.1. The van der Waals surface area contributed by atoms with Gasteiger partial charge >= 0.3 is 0 Å². The smallest absolute Gasteiger partial charge is 0.226 e. The van der Waals surface area contributed by atoms with Crippen LogP contribution in [0.4, 0.5) is 5.69 Å². The number of aliphatic imine (C=N–C) groups is 1. The lowest BCUT2D eigenvalue weighted by Crippen LogP contribution is -2.37. The molecule has 1 aromatic rings. The fourth-order valence-corrected chi connectivity index (χ4v) is 1.63. The van der Waals surface area contributed by atoms with Crippen LogP contribution in [0.15, 0.2) is 29.3 Å². The van der Waals surface area contributed by atoms with E-state index in [2.05, 4.69) is 26.9 Å². The first kappa shape index (κ1) is 17.6. The summed E-state index contributed by atoms with van der Waals surface area (Å²) in [6.45, 7) is 7.48. The van der Waals surface area contributed by atoms with Gasteiger partial charge in [-0.3, -0.25) is 4.79 Å². The van der Waals surface area contributed by atoms with Crippen molar-refractivity contribution < 1.29 is 4.79 Å². The zero-order valence-corrected chi connectivity index (χ0v) is 13.4. The minimum Gasteiger partial charge on any atom is -0.357 e. The van der Waals surface area contributed by atoms with E-state index < -0.39 is 0 Å². The molecule has 3 N–H and O–H groups in total. The molecule has 0 saturated heterocycles. The Bertz CT molecular complexity index is 541. The quantitative estimate of drug-likeness (QED) is 0.427. The Morgan fingerprint density at radius 1 is 1.27 bits per heavy atom. The molecule has 5 heteroatoms. The summed E-state index contributed by atoms with van der Waals surface area (Å²) in [4.78, 5) is 16.1. The zero-order valence-electron chi connectivity index (χ0n) is 13.4. The van der Waals surface area contributed by atoms with E-state index in [1.165, 1.54) is 0 Å². The molecule has 0 spiro atoms. The van der Waals surface area contributed by atoms with Crippen molar-refractivity contribution >= 4 is 17.6 Å². The molecular formula is C17H24N4O. The Morgan fingerprint density at radius 3 is 2.50 bits per heavy atom. The summed E-state index contributed by atoms with van der Waals surface area (Å²) in [5.74, 6) is 3.19. The summed E-state index contributed by atoms with van der Waals surface area (Å²) in [7, 11) is 0. The first-order valence-electron chi connectivity index (χ1n) is 7.42. The number of benzene rings is 1. The molecule has 0 aliphatic carbocycles. The van der Waals surface area contributed by atoms with Crippen LogP contribution in [0.25, 0.3) is 0 Å². The monoisotopic (exact) mass is 300 g/mol. The number of rotatable bonds is 6. The normalized spacial score (nSPS) is 11.0. The van der Waals surface area contributed by atoms with Crippen LogP contribution in [-0.4, -0.2) is 25.0 Å². The molecule has 22 heavy (non-hydrogen) atoms. The van der Waals surface area contributed by atoms with Crippen molar-refractivity contribution in [1.82, 2.24) is 10.6 Å². The van der Waals surface area contributed by atoms with E-state index in [1.807, 2.05) is 45.0 Å². The van der Waals surface area contributed by atoms with Crippen LogP contribution < -0.4 is 16.0 Å². The van der Waals surface area contributed by atoms with Gasteiger partial charge in [0.2, 0.25) is 5.91 Å². The second-order valence-electron chi connectivity index (χ2n) is 5.09. The molecule has 0 saturated carbocycles. The minimum atomic E-state index is -0.0332. The number of amides is 1. The third kappa shape index (κ3) is 6.31. The molecule has 0 fully saturated rings. The number of guanidine groups is 1. The number of carbonyl (C=O) groups is 1. The first-order valence-corrected chi connectivity index (χ1v) is 7.42. The topological polar surface area (TPSA) is 65.5 Å². The molecule has 0 unspecified atom stereocenters. The third-order valence-electron chi connectivity index (χ3n) is 2.87. The van der Waals surface area contributed by atoms with Gasteiger partial charge in [-0.2, -0.15) is 0 Å². The molecule has 0 aromatic heterocycles. The van der Waals surface area contributed by atoms with E-state index in [4.69, 9.17) is 6.42 Å². The van der Waals surface area contributed by atoms with Crippen molar-refractivity contribution in [3.63, 3.8) is 0 Å². The van der Waals surface area contributed by atoms with E-state index in [0.29, 0.717) is 19.0 Å². The van der Waals surface area contributed by atoms with Gasteiger partial charge in [-0.05, 0) is 24.6 Å². The fraction of sp³-hybridized carbons (Fsp3) is 0.412. The van der Waals surface area contributed by atoms with Crippen LogP contribution in [0.2, 0.25) is 0 Å². The van der Waals surface area contributed by atoms with Gasteiger partial charge in [-0.1, -0.05) is 31.9 Å². The number of nitrogens with zero attached hydrogens (tertiary/aromatic N) is 1. The molecule has 1 amide bonds. The average molecular weight is 300 g/mol. The number of hydrogen-bond acceptors (Lipinski definition) is 2. The average Bonchev–Trinajstić information content (AvgIpc) is 2.51. The van der Waals surface area contributed by atoms with Gasteiger partial charge in [-0.15, -0.1) is 6.42 Å². The van der Waals surface area contributed by atoms with Gasteiger partial charge in [0.1, 0.15) is 0 Å². The van der Waals surface area contributed by atoms with Gasteiger partial charge in [-0.25, -0.2) is 4.99 Å². The van der Waals surface area contributed by atoms with Gasteiger partial charge in [0.05, 0.1) is 13.1 Å². The Balaban J connectivity index is 2.62. The van der Waals surface area contributed by atoms with Crippen LogP contribution in [-0.2, 0) is 11.3 Å². The maximum absolute atomic E-state index is 11.6. The largest absolute Gasteiger partial charge is 0.357 e. The van der Waals surface area contributed by atoms with E-state index in [0.717, 1.165) is 17.8 Å². The van der Waals surface area contributed by atoms with Crippen molar-refractivity contribution in [1.29, 1.82) is 0 Å². The molecular weight excluding hydrogens is 276 g/mol. The Hall–Kier alpha value is -2.48. The van der Waals surface area contributed by atoms with Crippen molar-refractivity contribution in [2.24, 2.45) is 10.9 Å². The molecule has 118 valence electrons. The number of hydrogen-bond donors (Lipinski definition) is 3. The second-order valence-corrected chi connectivity index (χ2v) is 5.09. The molecule has 0 aliphatic rings. The van der Waals surface area contributed by atoms with E-state index in [9.17, 15) is 4.79 Å². The van der Waals surface area contributed by atoms with Gasteiger partial charge < -0.3 is 16.0 Å². The number of carbonyl (C=O) groups excluding carboxylic acids is 1. The van der Waals surface area contributed by atoms with E-state index in [-0.39, 0.29) is 11.8 Å². The highest BCUT2D eigenvalue weighted by molar-refractivity contribution is 5.92. The van der Waals surface area contributed by atoms with Crippen molar-refractivity contribution in [3.05, 3.63) is 29.8 Å². The molecule has 1 rings (SSSR count). The lowest BCUT2D eigenvalue weighted by Gasteiger charge is -2.10. The van der Waals surface area contributed by atoms with E-state index >= 15 is 0 Å². The van der Waals surface area contributed by atoms with Gasteiger partial charge in [0.15, 0.2) is 5.96 Å². The highest BCUT2D eigenvalue weighted by Gasteiger charge is 2.06. The van der Waals surface area contributed by atoms with Gasteiger partial charge in [0, 0.05) is 18.2 Å². The molecule has 0 bridgehead atoms. The third-order valence-corrected chi connectivity index (χ3v) is 2.87. The number of nitrogens with one attached hydrogen (secondary N) is 3. The lowest BCUT2D eigenvalue weighted by molar-refractivity contribution is -0.118. The summed E-state index contributed by atoms with van der Waals surface area (Å²) in [5, 5.41) is 9.02. The SMILES string of the molecule is C#CCNC(=NCc1ccc(NC(=O)C(C)C)cc1)NCC. The van der Waals surface area contributed by atoms with E-state index in [1.54, 1.807) is 0 Å². The predicted molar refractivity (Wildman–Crippen MR) is 91.6 cm³/mol. The maximum Gasteiger partial charge on any atom is 0.226 e. The van der Waals surface area contributed by atoms with Gasteiger partial charge in [0.25, 0.3) is 0 Å². The Morgan fingerprint density at radius 2 is 1.95 bits per heavy atom. The molecule has 0 radical (unpaired) electrons. The Labute approximate surface area is 132 Å². The van der Waals surface area contributed by atoms with Crippen LogP contribution >= 0.6 is 0 Å². The predicted octanol–water partition coefficient (Wildman–Crippen LogP) is 1.97. The maximum atomic E-state index is 11.6. The van der Waals surface area contributed by atoms with Crippen LogP contribution in [0.3, 0.4) is 0 Å². The minimum absolute atomic E-state index is 0.0127. The van der Waals surface area contributed by atoms with Crippen molar-refractivity contribution in [2.75, 3.05) is 18.4 Å². The summed E-state index contributed by atoms with van der Waals surface area (Å²) < 4.78 is 0. The van der Waals surface area contributed by atoms with Crippen molar-refractivity contribution in [3.8, 4) is 12.3 Å². The first-order chi connectivity index (χ1) is 10.6. The molecule has 5 nitrogen and oxygen atoms in total. The van der Waals surface area contributed by atoms with Crippen LogP contribution in [0, 0.1) is 18.3 Å². The number of terminal acetylenes is 1. The fourth-order valence-electron chi connectivity index (χ4n) is 1.63. The summed E-state index contributed by atoms with van der Waals surface area (Å²) >= 11 is 0. The summed E-state index contributed by atoms with van der Waals surface area (Å²) in [6, 6.07) is 7.66. The highest BCUT2D eigenvalue weighted by Crippen LogP contribution is 2.11. The van der Waals surface area contributed by atoms with Crippen LogP contribution in [0.5, 0.6) is 0 Å². The van der Waals surface area contributed by atoms with Crippen molar-refractivity contribution in [2.45, 2.75) is 27.3 Å². The standard InChI is InChI=1S/C17H24N4O/c1-5-11-19-17(18-6-2)20-12-14-7-9-15(10-8-14)21-16(22)13(3)4/h1,7-10,13H,6,11-12H2,2-4H3,(H,21,22)(H2,18,19,20). The lowest BCUT2D eigenvalue weighted by atomic mass is 10.2. The molecule has 0 atom stereocenters. The Kier molecular flexibility index (Phi) is 7.55. The summed E-state index contributed by atoms with van der Waals surface area (Å²) in [5.41, 5.74) is 1.85. The molecule has 1 aromatic carbocycles. The number of anilines is 1. The van der Waals surface area contributed by atoms with Crippen LogP contribution in [0.1, 0.15) is 26.3 Å².